The Hall–Kier alpha value is -3.48. The van der Waals surface area contributed by atoms with Gasteiger partial charge in [-0.15, -0.1) is 0 Å². The lowest BCUT2D eigenvalue weighted by molar-refractivity contribution is 0.0746. The zero-order chi connectivity index (χ0) is 20.1. The van der Waals surface area contributed by atoms with Crippen molar-refractivity contribution in [1.29, 1.82) is 0 Å². The minimum absolute atomic E-state index is 0.0259. The first-order valence-electron chi connectivity index (χ1n) is 9.59. The minimum atomic E-state index is -0.266. The summed E-state index contributed by atoms with van der Waals surface area (Å²) in [5.74, 6) is 1.19. The number of rotatable bonds is 5. The molecule has 148 valence electrons. The smallest absolute Gasteiger partial charge is 0.254 e. The molecule has 7 heteroatoms. The minimum Gasteiger partial charge on any atom is -0.366 e. The van der Waals surface area contributed by atoms with Crippen LogP contribution >= 0.6 is 0 Å². The molecule has 1 N–H and O–H groups in total. The van der Waals surface area contributed by atoms with Crippen LogP contribution in [-0.2, 0) is 6.54 Å². The maximum atomic E-state index is 13.8. The Bertz CT molecular complexity index is 974. The van der Waals surface area contributed by atoms with E-state index in [9.17, 15) is 9.18 Å². The summed E-state index contributed by atoms with van der Waals surface area (Å²) in [6.45, 7) is 3.06. The number of anilines is 2. The molecule has 2 aromatic heterocycles. The van der Waals surface area contributed by atoms with Gasteiger partial charge in [0.15, 0.2) is 0 Å². The maximum Gasteiger partial charge on any atom is 0.254 e. The van der Waals surface area contributed by atoms with Crippen molar-refractivity contribution in [3.63, 3.8) is 0 Å². The van der Waals surface area contributed by atoms with Crippen LogP contribution in [0.15, 0.2) is 67.0 Å². The number of nitrogens with zero attached hydrogens (tertiary/aromatic N) is 4. The lowest BCUT2D eigenvalue weighted by Crippen LogP contribution is -2.49. The summed E-state index contributed by atoms with van der Waals surface area (Å²) in [5, 5.41) is 3.09. The molecule has 0 radical (unpaired) electrons. The number of halogens is 1. The topological polar surface area (TPSA) is 61.4 Å². The molecule has 0 atom stereocenters. The lowest BCUT2D eigenvalue weighted by atomic mass is 10.2. The van der Waals surface area contributed by atoms with Gasteiger partial charge in [-0.1, -0.05) is 24.3 Å². The molecule has 0 aliphatic carbocycles. The van der Waals surface area contributed by atoms with Crippen LogP contribution in [0.1, 0.15) is 15.9 Å². The van der Waals surface area contributed by atoms with Crippen LogP contribution in [-0.4, -0.2) is 47.0 Å². The fourth-order valence-corrected chi connectivity index (χ4v) is 3.35. The first kappa shape index (κ1) is 18.9. The molecule has 6 nitrogen and oxygen atoms in total. The van der Waals surface area contributed by atoms with Gasteiger partial charge in [0.1, 0.15) is 17.5 Å². The number of pyridine rings is 2. The van der Waals surface area contributed by atoms with Crippen LogP contribution in [0.25, 0.3) is 0 Å². The van der Waals surface area contributed by atoms with Crippen LogP contribution < -0.4 is 10.2 Å². The average Bonchev–Trinajstić information content (AvgIpc) is 2.79. The molecule has 0 bridgehead atoms. The number of piperazine rings is 1. The molecule has 0 spiro atoms. The summed E-state index contributed by atoms with van der Waals surface area (Å²) in [4.78, 5) is 25.5. The highest BCUT2D eigenvalue weighted by molar-refractivity contribution is 5.95. The van der Waals surface area contributed by atoms with E-state index < -0.39 is 0 Å². The quantitative estimate of drug-likeness (QED) is 0.724. The van der Waals surface area contributed by atoms with E-state index in [0.29, 0.717) is 36.6 Å². The maximum absolute atomic E-state index is 13.8. The molecule has 1 saturated heterocycles. The summed E-state index contributed by atoms with van der Waals surface area (Å²) in [6, 6.07) is 15.9. The number of nitrogens with one attached hydrogen (secondary N) is 1. The Morgan fingerprint density at radius 3 is 2.52 bits per heavy atom. The van der Waals surface area contributed by atoms with E-state index in [1.54, 1.807) is 42.7 Å². The molecule has 1 aliphatic heterocycles. The van der Waals surface area contributed by atoms with E-state index in [1.807, 2.05) is 23.1 Å². The predicted octanol–water partition coefficient (Wildman–Crippen LogP) is 3.19. The molecule has 0 saturated carbocycles. The highest BCUT2D eigenvalue weighted by Gasteiger charge is 2.23. The van der Waals surface area contributed by atoms with Gasteiger partial charge in [-0.3, -0.25) is 4.79 Å². The van der Waals surface area contributed by atoms with E-state index >= 15 is 0 Å². The van der Waals surface area contributed by atoms with Gasteiger partial charge in [-0.05, 0) is 30.3 Å². The van der Waals surface area contributed by atoms with E-state index in [4.69, 9.17) is 0 Å². The van der Waals surface area contributed by atoms with Crippen LogP contribution in [0.3, 0.4) is 0 Å². The van der Waals surface area contributed by atoms with Gasteiger partial charge >= 0.3 is 0 Å². The van der Waals surface area contributed by atoms with Gasteiger partial charge in [0.25, 0.3) is 5.91 Å². The van der Waals surface area contributed by atoms with Crippen molar-refractivity contribution >= 4 is 17.5 Å². The molecule has 4 rings (SSSR count). The first-order valence-corrected chi connectivity index (χ1v) is 9.59. The Morgan fingerprint density at radius 1 is 0.966 bits per heavy atom. The van der Waals surface area contributed by atoms with E-state index in [2.05, 4.69) is 20.2 Å². The molecule has 1 amide bonds. The third kappa shape index (κ3) is 4.51. The van der Waals surface area contributed by atoms with Crippen LogP contribution in [0.4, 0.5) is 16.0 Å². The second-order valence-electron chi connectivity index (χ2n) is 6.84. The zero-order valence-electron chi connectivity index (χ0n) is 16.0. The van der Waals surface area contributed by atoms with E-state index in [-0.39, 0.29) is 11.7 Å². The molecule has 1 aromatic carbocycles. The van der Waals surface area contributed by atoms with E-state index in [0.717, 1.165) is 18.9 Å². The van der Waals surface area contributed by atoms with Crippen LogP contribution in [0.5, 0.6) is 0 Å². The van der Waals surface area contributed by atoms with Crippen molar-refractivity contribution in [3.8, 4) is 0 Å². The van der Waals surface area contributed by atoms with Gasteiger partial charge in [0.2, 0.25) is 0 Å². The third-order valence-corrected chi connectivity index (χ3v) is 4.96. The number of hydrogen-bond acceptors (Lipinski definition) is 5. The monoisotopic (exact) mass is 391 g/mol. The molecular weight excluding hydrogens is 369 g/mol. The van der Waals surface area contributed by atoms with Crippen molar-refractivity contribution in [2.75, 3.05) is 36.4 Å². The van der Waals surface area contributed by atoms with Gasteiger partial charge in [0.05, 0.1) is 0 Å². The van der Waals surface area contributed by atoms with Crippen LogP contribution in [0.2, 0.25) is 0 Å². The Kier molecular flexibility index (Phi) is 5.65. The third-order valence-electron chi connectivity index (χ3n) is 4.96. The van der Waals surface area contributed by atoms with Gasteiger partial charge in [-0.25, -0.2) is 14.4 Å². The molecule has 3 heterocycles. The molecule has 1 fully saturated rings. The fourth-order valence-electron chi connectivity index (χ4n) is 3.35. The Labute approximate surface area is 169 Å². The number of amides is 1. The Balaban J connectivity index is 1.37. The zero-order valence-corrected chi connectivity index (χ0v) is 16.0. The Morgan fingerprint density at radius 2 is 1.76 bits per heavy atom. The lowest BCUT2D eigenvalue weighted by Gasteiger charge is -2.35. The molecule has 1 aliphatic rings. The largest absolute Gasteiger partial charge is 0.366 e. The fraction of sp³-hybridized carbons (Fsp3) is 0.227. The predicted molar refractivity (Wildman–Crippen MR) is 110 cm³/mol. The van der Waals surface area contributed by atoms with Crippen molar-refractivity contribution < 1.29 is 9.18 Å². The second kappa shape index (κ2) is 8.68. The number of carbonyl (C=O) groups is 1. The van der Waals surface area contributed by atoms with E-state index in [1.165, 1.54) is 6.07 Å². The second-order valence-corrected chi connectivity index (χ2v) is 6.84. The number of carbonyl (C=O) groups excluding carboxylic acids is 1. The number of aromatic nitrogens is 2. The van der Waals surface area contributed by atoms with Gasteiger partial charge < -0.3 is 15.1 Å². The summed E-state index contributed by atoms with van der Waals surface area (Å²) in [5.41, 5.74) is 1.12. The summed E-state index contributed by atoms with van der Waals surface area (Å²) < 4.78 is 13.8. The standard InChI is InChI=1S/C22H22FN5O/c23-19-6-2-1-5-18(19)16-26-20-15-17(8-10-24-20)22(29)28-13-11-27(12-14-28)21-7-3-4-9-25-21/h1-10,15H,11-14,16H2,(H,24,26). The van der Waals surface area contributed by atoms with Crippen molar-refractivity contribution in [3.05, 3.63) is 83.9 Å². The number of hydrogen-bond donors (Lipinski definition) is 1. The highest BCUT2D eigenvalue weighted by atomic mass is 19.1. The SMILES string of the molecule is O=C(c1ccnc(NCc2ccccc2F)c1)N1CCN(c2ccccn2)CC1. The van der Waals surface area contributed by atoms with Crippen molar-refractivity contribution in [2.45, 2.75) is 6.54 Å². The van der Waals surface area contributed by atoms with Gasteiger partial charge in [-0.2, -0.15) is 0 Å². The molecule has 29 heavy (non-hydrogen) atoms. The average molecular weight is 391 g/mol. The number of benzene rings is 1. The first-order chi connectivity index (χ1) is 14.2. The summed E-state index contributed by atoms with van der Waals surface area (Å²) in [6.07, 6.45) is 3.38. The molecule has 3 aromatic rings. The highest BCUT2D eigenvalue weighted by Crippen LogP contribution is 2.16. The summed E-state index contributed by atoms with van der Waals surface area (Å²) in [7, 11) is 0. The van der Waals surface area contributed by atoms with Crippen molar-refractivity contribution in [1.82, 2.24) is 14.9 Å². The normalized spacial score (nSPS) is 14.0. The molecule has 0 unspecified atom stereocenters. The van der Waals surface area contributed by atoms with Crippen LogP contribution in [0, 0.1) is 5.82 Å². The molecular formula is C22H22FN5O. The van der Waals surface area contributed by atoms with Gasteiger partial charge in [0, 0.05) is 56.2 Å². The van der Waals surface area contributed by atoms with Crippen molar-refractivity contribution in [2.24, 2.45) is 0 Å². The summed E-state index contributed by atoms with van der Waals surface area (Å²) >= 11 is 0.